The summed E-state index contributed by atoms with van der Waals surface area (Å²) in [6.07, 6.45) is -2.64. The monoisotopic (exact) mass is 276 g/mol. The number of hydrogen-bond acceptors (Lipinski definition) is 3. The first kappa shape index (κ1) is 14.7. The maximum Gasteiger partial charge on any atom is 0.402 e. The molecule has 1 fully saturated rings. The molecule has 9 heteroatoms. The van der Waals surface area contributed by atoms with Crippen molar-refractivity contribution in [2.45, 2.75) is 31.5 Å². The van der Waals surface area contributed by atoms with Crippen LogP contribution in [0.5, 0.6) is 0 Å². The van der Waals surface area contributed by atoms with Gasteiger partial charge in [0.2, 0.25) is 0 Å². The van der Waals surface area contributed by atoms with Crippen LogP contribution in [0.3, 0.4) is 0 Å². The van der Waals surface area contributed by atoms with Gasteiger partial charge in [-0.1, -0.05) is 6.42 Å². The highest BCUT2D eigenvalue weighted by Crippen LogP contribution is 2.25. The third kappa shape index (κ3) is 5.19. The smallest absolute Gasteiger partial charge is 0.396 e. The Balaban J connectivity index is 2.49. The molecule has 0 aliphatic heterocycles. The maximum atomic E-state index is 11.8. The minimum absolute atomic E-state index is 0.174. The van der Waals surface area contributed by atoms with E-state index in [-0.39, 0.29) is 12.5 Å². The number of hydrogen-bond donors (Lipinski definition) is 3. The van der Waals surface area contributed by atoms with Gasteiger partial charge in [-0.3, -0.25) is 0 Å². The fourth-order valence-corrected chi connectivity index (χ4v) is 2.97. The number of nitrogens with one attached hydrogen (secondary N) is 2. The summed E-state index contributed by atoms with van der Waals surface area (Å²) < 4.78 is 61.7. The van der Waals surface area contributed by atoms with E-state index in [0.717, 1.165) is 6.42 Å². The quantitative estimate of drug-likeness (QED) is 0.668. The zero-order chi connectivity index (χ0) is 13.1. The minimum atomic E-state index is -4.58. The normalized spacial score (nSPS) is 26.4. The molecule has 0 aromatic carbocycles. The van der Waals surface area contributed by atoms with Gasteiger partial charge in [0, 0.05) is 12.6 Å². The molecule has 5 nitrogen and oxygen atoms in total. The Morgan fingerprint density at radius 2 is 1.94 bits per heavy atom. The van der Waals surface area contributed by atoms with Crippen molar-refractivity contribution in [3.63, 3.8) is 0 Å². The number of alkyl halides is 3. The third-order valence-corrected chi connectivity index (χ3v) is 3.80. The largest absolute Gasteiger partial charge is 0.402 e. The van der Waals surface area contributed by atoms with Crippen molar-refractivity contribution in [3.8, 4) is 0 Å². The van der Waals surface area contributed by atoms with Gasteiger partial charge >= 0.3 is 6.18 Å². The molecule has 0 aromatic heterocycles. The predicted octanol–water partition coefficient (Wildman–Crippen LogP) is 0.134. The SMILES string of the molecule is O=S(=O)(NCC(F)(F)F)NC1CCCC1CO. The van der Waals surface area contributed by atoms with Crippen LogP contribution in [0, 0.1) is 5.92 Å². The van der Waals surface area contributed by atoms with Crippen LogP contribution in [0.1, 0.15) is 19.3 Å². The summed E-state index contributed by atoms with van der Waals surface area (Å²) in [5.41, 5.74) is 0. The summed E-state index contributed by atoms with van der Waals surface area (Å²) in [6.45, 7) is -1.77. The lowest BCUT2D eigenvalue weighted by Crippen LogP contribution is -2.47. The second-order valence-corrected chi connectivity index (χ2v) is 5.57. The number of rotatable bonds is 5. The lowest BCUT2D eigenvalue weighted by Gasteiger charge is -2.19. The van der Waals surface area contributed by atoms with E-state index in [1.165, 1.54) is 4.72 Å². The average Bonchev–Trinajstić information content (AvgIpc) is 2.61. The van der Waals surface area contributed by atoms with Crippen LogP contribution in [0.25, 0.3) is 0 Å². The van der Waals surface area contributed by atoms with Crippen LogP contribution < -0.4 is 9.44 Å². The van der Waals surface area contributed by atoms with Gasteiger partial charge in [0.25, 0.3) is 10.2 Å². The molecule has 0 amide bonds. The van der Waals surface area contributed by atoms with E-state index in [1.807, 2.05) is 0 Å². The summed E-state index contributed by atoms with van der Waals surface area (Å²) in [5.74, 6) is -0.225. The van der Waals surface area contributed by atoms with Crippen LogP contribution in [-0.2, 0) is 10.2 Å². The van der Waals surface area contributed by atoms with Gasteiger partial charge in [0.1, 0.15) is 6.54 Å². The molecular weight excluding hydrogens is 261 g/mol. The molecule has 0 radical (unpaired) electrons. The summed E-state index contributed by atoms with van der Waals surface area (Å²) in [5, 5.41) is 8.96. The topological polar surface area (TPSA) is 78.4 Å². The van der Waals surface area contributed by atoms with Gasteiger partial charge in [0.05, 0.1) is 0 Å². The van der Waals surface area contributed by atoms with E-state index in [2.05, 4.69) is 4.72 Å². The van der Waals surface area contributed by atoms with E-state index < -0.39 is 29.0 Å². The van der Waals surface area contributed by atoms with Crippen LogP contribution in [0.2, 0.25) is 0 Å². The van der Waals surface area contributed by atoms with Crippen molar-refractivity contribution in [2.75, 3.05) is 13.2 Å². The Labute approximate surface area is 97.6 Å². The molecule has 3 N–H and O–H groups in total. The highest BCUT2D eigenvalue weighted by molar-refractivity contribution is 7.87. The molecule has 1 rings (SSSR count). The fourth-order valence-electron chi connectivity index (χ4n) is 1.83. The Hall–Kier alpha value is -0.380. The lowest BCUT2D eigenvalue weighted by atomic mass is 10.1. The predicted molar refractivity (Wildman–Crippen MR) is 54.3 cm³/mol. The van der Waals surface area contributed by atoms with Crippen LogP contribution >= 0.6 is 0 Å². The second-order valence-electron chi connectivity index (χ2n) is 4.04. The molecule has 0 heterocycles. The number of halogens is 3. The van der Waals surface area contributed by atoms with Gasteiger partial charge in [-0.2, -0.15) is 31.0 Å². The van der Waals surface area contributed by atoms with E-state index in [9.17, 15) is 21.6 Å². The molecule has 0 spiro atoms. The van der Waals surface area contributed by atoms with Crippen LogP contribution in [0.4, 0.5) is 13.2 Å². The molecule has 1 saturated carbocycles. The van der Waals surface area contributed by atoms with Gasteiger partial charge in [0.15, 0.2) is 0 Å². The molecule has 2 atom stereocenters. The van der Waals surface area contributed by atoms with Crippen molar-refractivity contribution in [2.24, 2.45) is 5.92 Å². The Kier molecular flexibility index (Phi) is 4.76. The number of aliphatic hydroxyl groups is 1. The van der Waals surface area contributed by atoms with Crippen LogP contribution in [-0.4, -0.2) is 38.9 Å². The van der Waals surface area contributed by atoms with Crippen LogP contribution in [0.15, 0.2) is 0 Å². The molecule has 1 aliphatic rings. The van der Waals surface area contributed by atoms with E-state index in [0.29, 0.717) is 12.8 Å². The zero-order valence-electron chi connectivity index (χ0n) is 9.00. The first-order valence-electron chi connectivity index (χ1n) is 5.18. The molecular formula is C8H15F3N2O3S. The Bertz CT molecular complexity index is 344. The molecule has 2 unspecified atom stereocenters. The highest BCUT2D eigenvalue weighted by Gasteiger charge is 2.33. The molecule has 0 aromatic rings. The molecule has 0 saturated heterocycles. The third-order valence-electron chi connectivity index (χ3n) is 2.66. The summed E-state index contributed by atoms with van der Waals surface area (Å²) in [7, 11) is -4.17. The Morgan fingerprint density at radius 3 is 2.47 bits per heavy atom. The van der Waals surface area contributed by atoms with E-state index in [1.54, 1.807) is 0 Å². The molecule has 102 valence electrons. The summed E-state index contributed by atoms with van der Waals surface area (Å²) >= 11 is 0. The first-order valence-corrected chi connectivity index (χ1v) is 6.66. The molecule has 0 bridgehead atoms. The number of aliphatic hydroxyl groups excluding tert-OH is 1. The zero-order valence-corrected chi connectivity index (χ0v) is 9.81. The summed E-state index contributed by atoms with van der Waals surface area (Å²) in [6, 6.07) is -0.495. The fraction of sp³-hybridized carbons (Fsp3) is 1.00. The van der Waals surface area contributed by atoms with Gasteiger partial charge in [-0.05, 0) is 18.8 Å². The van der Waals surface area contributed by atoms with E-state index >= 15 is 0 Å². The van der Waals surface area contributed by atoms with Crippen molar-refractivity contribution < 1.29 is 26.7 Å². The minimum Gasteiger partial charge on any atom is -0.396 e. The molecule has 1 aliphatic carbocycles. The van der Waals surface area contributed by atoms with Gasteiger partial charge in [-0.25, -0.2) is 0 Å². The van der Waals surface area contributed by atoms with Gasteiger partial charge in [-0.15, -0.1) is 0 Å². The first-order chi connectivity index (χ1) is 7.73. The molecule has 17 heavy (non-hydrogen) atoms. The lowest BCUT2D eigenvalue weighted by molar-refractivity contribution is -0.121. The average molecular weight is 276 g/mol. The van der Waals surface area contributed by atoms with Crippen molar-refractivity contribution >= 4 is 10.2 Å². The highest BCUT2D eigenvalue weighted by atomic mass is 32.2. The standard InChI is InChI=1S/C8H15F3N2O3S/c9-8(10,11)5-12-17(15,16)13-7-3-1-2-6(7)4-14/h6-7,12-14H,1-5H2. The van der Waals surface area contributed by atoms with Gasteiger partial charge < -0.3 is 5.11 Å². The van der Waals surface area contributed by atoms with Crippen molar-refractivity contribution in [1.82, 2.24) is 9.44 Å². The Morgan fingerprint density at radius 1 is 1.29 bits per heavy atom. The summed E-state index contributed by atoms with van der Waals surface area (Å²) in [4.78, 5) is 0. The van der Waals surface area contributed by atoms with E-state index in [4.69, 9.17) is 5.11 Å². The maximum absolute atomic E-state index is 11.8. The van der Waals surface area contributed by atoms with Crippen molar-refractivity contribution in [3.05, 3.63) is 0 Å². The van der Waals surface area contributed by atoms with Crippen molar-refractivity contribution in [1.29, 1.82) is 0 Å². The second kappa shape index (κ2) is 5.51.